The van der Waals surface area contributed by atoms with Crippen molar-refractivity contribution in [3.05, 3.63) is 22.6 Å². The van der Waals surface area contributed by atoms with Gasteiger partial charge in [0.1, 0.15) is 0 Å². The zero-order valence-electron chi connectivity index (χ0n) is 10.1. The van der Waals surface area contributed by atoms with Crippen LogP contribution in [0.1, 0.15) is 20.8 Å². The third kappa shape index (κ3) is 3.06. The first kappa shape index (κ1) is 12.7. The van der Waals surface area contributed by atoms with Crippen molar-refractivity contribution < 1.29 is 5.11 Å². The Kier molecular flexibility index (Phi) is 4.49. The summed E-state index contributed by atoms with van der Waals surface area (Å²) in [6, 6.07) is 1.56. The number of aromatic nitrogens is 2. The van der Waals surface area contributed by atoms with Crippen LogP contribution in [0.4, 0.5) is 5.69 Å². The summed E-state index contributed by atoms with van der Waals surface area (Å²) in [6.07, 6.45) is 1.10. The highest BCUT2D eigenvalue weighted by atomic mass is 16.3. The molecule has 1 N–H and O–H groups in total. The van der Waals surface area contributed by atoms with Crippen LogP contribution in [0, 0.1) is 0 Å². The lowest BCUT2D eigenvalue weighted by atomic mass is 10.3. The SMILES string of the molecule is CCN(CC)c1cnn(CC(C)O)c(=O)c1. The van der Waals surface area contributed by atoms with Crippen LogP contribution in [-0.2, 0) is 6.54 Å². The number of hydrogen-bond donors (Lipinski definition) is 1. The van der Waals surface area contributed by atoms with Crippen molar-refractivity contribution in [1.82, 2.24) is 9.78 Å². The van der Waals surface area contributed by atoms with Crippen molar-refractivity contribution in [3.8, 4) is 0 Å². The molecule has 90 valence electrons. The predicted octanol–water partition coefficient (Wildman–Crippen LogP) is 0.470. The molecule has 1 aromatic heterocycles. The molecular weight excluding hydrogens is 206 g/mol. The second kappa shape index (κ2) is 5.65. The van der Waals surface area contributed by atoms with Crippen LogP contribution in [0.3, 0.4) is 0 Å². The summed E-state index contributed by atoms with van der Waals surface area (Å²) in [6.45, 7) is 7.62. The second-order valence-electron chi connectivity index (χ2n) is 3.76. The van der Waals surface area contributed by atoms with E-state index < -0.39 is 6.10 Å². The molecule has 0 aliphatic heterocycles. The molecule has 1 heterocycles. The number of rotatable bonds is 5. The Morgan fingerprint density at radius 3 is 2.56 bits per heavy atom. The van der Waals surface area contributed by atoms with Gasteiger partial charge in [0.2, 0.25) is 0 Å². The molecule has 0 bridgehead atoms. The Hall–Kier alpha value is -1.36. The fourth-order valence-corrected chi connectivity index (χ4v) is 1.57. The minimum absolute atomic E-state index is 0.176. The van der Waals surface area contributed by atoms with E-state index in [-0.39, 0.29) is 12.1 Å². The van der Waals surface area contributed by atoms with E-state index >= 15 is 0 Å². The van der Waals surface area contributed by atoms with Gasteiger partial charge in [-0.2, -0.15) is 5.10 Å². The Bertz CT molecular complexity index is 383. The molecule has 0 radical (unpaired) electrons. The molecule has 0 saturated carbocycles. The number of hydrogen-bond acceptors (Lipinski definition) is 4. The Morgan fingerprint density at radius 1 is 1.50 bits per heavy atom. The molecule has 0 aromatic carbocycles. The zero-order chi connectivity index (χ0) is 12.1. The third-order valence-electron chi connectivity index (χ3n) is 2.42. The second-order valence-corrected chi connectivity index (χ2v) is 3.76. The van der Waals surface area contributed by atoms with Gasteiger partial charge in [0, 0.05) is 19.2 Å². The van der Waals surface area contributed by atoms with E-state index in [0.717, 1.165) is 18.8 Å². The fourth-order valence-electron chi connectivity index (χ4n) is 1.57. The van der Waals surface area contributed by atoms with Gasteiger partial charge in [-0.3, -0.25) is 4.79 Å². The Labute approximate surface area is 95.3 Å². The molecule has 1 aromatic rings. The van der Waals surface area contributed by atoms with Crippen LogP contribution in [0.5, 0.6) is 0 Å². The van der Waals surface area contributed by atoms with Gasteiger partial charge in [0.25, 0.3) is 5.56 Å². The summed E-state index contributed by atoms with van der Waals surface area (Å²) in [7, 11) is 0. The third-order valence-corrected chi connectivity index (χ3v) is 2.42. The van der Waals surface area contributed by atoms with E-state index in [1.54, 1.807) is 19.2 Å². The van der Waals surface area contributed by atoms with E-state index in [2.05, 4.69) is 10.00 Å². The monoisotopic (exact) mass is 225 g/mol. The molecule has 1 atom stereocenters. The molecule has 5 nitrogen and oxygen atoms in total. The lowest BCUT2D eigenvalue weighted by Gasteiger charge is -2.20. The first-order valence-corrected chi connectivity index (χ1v) is 5.58. The maximum Gasteiger partial charge on any atom is 0.268 e. The molecule has 5 heteroatoms. The molecule has 0 aliphatic carbocycles. The van der Waals surface area contributed by atoms with Gasteiger partial charge in [-0.1, -0.05) is 0 Å². The molecular formula is C11H19N3O2. The highest BCUT2D eigenvalue weighted by Gasteiger charge is 2.06. The maximum atomic E-state index is 11.7. The maximum absolute atomic E-state index is 11.7. The summed E-state index contributed by atoms with van der Waals surface area (Å²) < 4.78 is 1.28. The molecule has 0 fully saturated rings. The molecule has 0 amide bonds. The van der Waals surface area contributed by atoms with E-state index in [9.17, 15) is 9.90 Å². The predicted molar refractivity (Wildman–Crippen MR) is 63.7 cm³/mol. The lowest BCUT2D eigenvalue weighted by Crippen LogP contribution is -2.30. The summed E-state index contributed by atoms with van der Waals surface area (Å²) in [5.41, 5.74) is 0.655. The minimum Gasteiger partial charge on any atom is -0.391 e. The van der Waals surface area contributed by atoms with E-state index in [1.807, 2.05) is 13.8 Å². The van der Waals surface area contributed by atoms with Crippen molar-refractivity contribution in [3.63, 3.8) is 0 Å². The normalized spacial score (nSPS) is 12.5. The van der Waals surface area contributed by atoms with Gasteiger partial charge in [-0.05, 0) is 20.8 Å². The first-order valence-electron chi connectivity index (χ1n) is 5.58. The molecule has 1 unspecified atom stereocenters. The summed E-state index contributed by atoms with van der Waals surface area (Å²) in [4.78, 5) is 13.7. The van der Waals surface area contributed by atoms with Gasteiger partial charge in [0.15, 0.2) is 0 Å². The largest absolute Gasteiger partial charge is 0.391 e. The van der Waals surface area contributed by atoms with Crippen molar-refractivity contribution in [2.45, 2.75) is 33.4 Å². The van der Waals surface area contributed by atoms with Gasteiger partial charge in [-0.15, -0.1) is 0 Å². The number of anilines is 1. The highest BCUT2D eigenvalue weighted by molar-refractivity contribution is 5.42. The van der Waals surface area contributed by atoms with Gasteiger partial charge in [-0.25, -0.2) is 4.68 Å². The summed E-state index contributed by atoms with van der Waals surface area (Å²) >= 11 is 0. The van der Waals surface area contributed by atoms with Gasteiger partial charge >= 0.3 is 0 Å². The van der Waals surface area contributed by atoms with Crippen LogP contribution in [0.15, 0.2) is 17.1 Å². The molecule has 1 rings (SSSR count). The molecule has 0 spiro atoms. The number of aliphatic hydroxyl groups excluding tert-OH is 1. The van der Waals surface area contributed by atoms with Crippen molar-refractivity contribution in [2.75, 3.05) is 18.0 Å². The summed E-state index contributed by atoms with van der Waals surface area (Å²) in [5, 5.41) is 13.2. The number of aliphatic hydroxyl groups is 1. The van der Waals surface area contributed by atoms with Crippen molar-refractivity contribution >= 4 is 5.69 Å². The van der Waals surface area contributed by atoms with E-state index in [1.165, 1.54) is 4.68 Å². The average molecular weight is 225 g/mol. The fraction of sp³-hybridized carbons (Fsp3) is 0.636. The van der Waals surface area contributed by atoms with Crippen molar-refractivity contribution in [2.24, 2.45) is 0 Å². The Morgan fingerprint density at radius 2 is 2.12 bits per heavy atom. The summed E-state index contributed by atoms with van der Waals surface area (Å²) in [5.74, 6) is 0. The Balaban J connectivity index is 2.94. The molecule has 0 saturated heterocycles. The zero-order valence-corrected chi connectivity index (χ0v) is 10.1. The highest BCUT2D eigenvalue weighted by Crippen LogP contribution is 2.08. The standard InChI is InChI=1S/C11H19N3O2/c1-4-13(5-2)10-6-11(16)14(12-7-10)8-9(3)15/h6-7,9,15H,4-5,8H2,1-3H3. The van der Waals surface area contributed by atoms with Crippen LogP contribution in [-0.4, -0.2) is 34.1 Å². The van der Waals surface area contributed by atoms with Gasteiger partial charge < -0.3 is 10.0 Å². The van der Waals surface area contributed by atoms with Crippen molar-refractivity contribution in [1.29, 1.82) is 0 Å². The van der Waals surface area contributed by atoms with Crippen LogP contribution in [0.2, 0.25) is 0 Å². The topological polar surface area (TPSA) is 58.4 Å². The van der Waals surface area contributed by atoms with Crippen LogP contribution in [0.25, 0.3) is 0 Å². The molecule has 16 heavy (non-hydrogen) atoms. The smallest absolute Gasteiger partial charge is 0.268 e. The van der Waals surface area contributed by atoms with E-state index in [0.29, 0.717) is 0 Å². The van der Waals surface area contributed by atoms with E-state index in [4.69, 9.17) is 0 Å². The minimum atomic E-state index is -0.565. The average Bonchev–Trinajstić information content (AvgIpc) is 2.23. The van der Waals surface area contributed by atoms with Crippen LogP contribution < -0.4 is 10.5 Å². The quantitative estimate of drug-likeness (QED) is 0.791. The first-order chi connectivity index (χ1) is 7.58. The lowest BCUT2D eigenvalue weighted by molar-refractivity contribution is 0.166. The van der Waals surface area contributed by atoms with Gasteiger partial charge in [0.05, 0.1) is 24.5 Å². The molecule has 0 aliphatic rings. The van der Waals surface area contributed by atoms with Crippen LogP contribution >= 0.6 is 0 Å². The number of nitrogens with zero attached hydrogens (tertiary/aromatic N) is 3.